The molecule has 3 aromatic heterocycles. The van der Waals surface area contributed by atoms with Crippen LogP contribution in [0.1, 0.15) is 29.4 Å². The molecule has 0 spiro atoms. The lowest BCUT2D eigenvalue weighted by molar-refractivity contribution is -0.123. The molecule has 3 heterocycles. The quantitative estimate of drug-likeness (QED) is 0.675. The average molecular weight is 344 g/mol. The molecule has 3 rings (SSSR count). The summed E-state index contributed by atoms with van der Waals surface area (Å²) in [6, 6.07) is 11.4. The Morgan fingerprint density at radius 2 is 2.00 bits per heavy atom. The van der Waals surface area contributed by atoms with Gasteiger partial charge in [0.15, 0.2) is 0 Å². The number of hydrogen-bond acceptors (Lipinski definition) is 5. The standard InChI is InChI=1S/C18H20N2O3S/c1-14(17-7-3-9-23-17)19-18(21)13-20(11-15-5-2-8-22-15)12-16-6-4-10-24-16/h2-10,14H,11-13H2,1H3,(H,19,21). The fourth-order valence-electron chi connectivity index (χ4n) is 2.51. The molecule has 5 nitrogen and oxygen atoms in total. The number of carbonyl (C=O) groups is 1. The van der Waals surface area contributed by atoms with Gasteiger partial charge in [-0.2, -0.15) is 0 Å². The van der Waals surface area contributed by atoms with Crippen LogP contribution in [0.2, 0.25) is 0 Å². The molecule has 0 aromatic carbocycles. The van der Waals surface area contributed by atoms with Gasteiger partial charge in [0, 0.05) is 11.4 Å². The van der Waals surface area contributed by atoms with E-state index in [9.17, 15) is 4.79 Å². The van der Waals surface area contributed by atoms with Gasteiger partial charge in [0.1, 0.15) is 11.5 Å². The molecule has 1 amide bonds. The van der Waals surface area contributed by atoms with Crippen molar-refractivity contribution in [2.75, 3.05) is 6.54 Å². The number of thiophene rings is 1. The maximum atomic E-state index is 12.4. The summed E-state index contributed by atoms with van der Waals surface area (Å²) < 4.78 is 10.7. The summed E-state index contributed by atoms with van der Waals surface area (Å²) in [7, 11) is 0. The molecule has 0 saturated carbocycles. The first-order valence-corrected chi connectivity index (χ1v) is 8.68. The molecule has 6 heteroatoms. The highest BCUT2D eigenvalue weighted by atomic mass is 32.1. The molecular formula is C18H20N2O3S. The van der Waals surface area contributed by atoms with Crippen LogP contribution in [0.15, 0.2) is 63.1 Å². The third-order valence-corrected chi connectivity index (χ3v) is 4.49. The topological polar surface area (TPSA) is 58.6 Å². The van der Waals surface area contributed by atoms with E-state index in [1.165, 1.54) is 4.88 Å². The van der Waals surface area contributed by atoms with E-state index in [-0.39, 0.29) is 11.9 Å². The molecule has 0 aliphatic carbocycles. The molecule has 126 valence electrons. The second kappa shape index (κ2) is 7.99. The molecule has 3 aromatic rings. The molecule has 0 radical (unpaired) electrons. The Labute approximate surface area is 144 Å². The van der Waals surface area contributed by atoms with Crippen molar-refractivity contribution in [3.8, 4) is 0 Å². The fraction of sp³-hybridized carbons (Fsp3) is 0.278. The minimum Gasteiger partial charge on any atom is -0.468 e. The van der Waals surface area contributed by atoms with Crippen LogP contribution >= 0.6 is 11.3 Å². The maximum absolute atomic E-state index is 12.4. The molecular weight excluding hydrogens is 324 g/mol. The molecule has 0 aliphatic rings. The summed E-state index contributed by atoms with van der Waals surface area (Å²) in [5.74, 6) is 1.56. The Morgan fingerprint density at radius 3 is 2.67 bits per heavy atom. The van der Waals surface area contributed by atoms with Crippen molar-refractivity contribution in [2.45, 2.75) is 26.1 Å². The summed E-state index contributed by atoms with van der Waals surface area (Å²) in [5.41, 5.74) is 0. The second-order valence-electron chi connectivity index (χ2n) is 5.61. The van der Waals surface area contributed by atoms with Crippen molar-refractivity contribution < 1.29 is 13.6 Å². The predicted octanol–water partition coefficient (Wildman–Crippen LogP) is 3.81. The largest absolute Gasteiger partial charge is 0.468 e. The normalized spacial score (nSPS) is 12.4. The highest BCUT2D eigenvalue weighted by Gasteiger charge is 2.17. The Bertz CT molecular complexity index is 684. The molecule has 1 unspecified atom stereocenters. The van der Waals surface area contributed by atoms with Gasteiger partial charge in [-0.3, -0.25) is 9.69 Å². The van der Waals surface area contributed by atoms with Crippen molar-refractivity contribution in [2.24, 2.45) is 0 Å². The number of carbonyl (C=O) groups excluding carboxylic acids is 1. The Morgan fingerprint density at radius 1 is 1.17 bits per heavy atom. The third kappa shape index (κ3) is 4.59. The maximum Gasteiger partial charge on any atom is 0.234 e. The SMILES string of the molecule is CC(NC(=O)CN(Cc1ccco1)Cc1cccs1)c1ccco1. The number of amides is 1. The minimum absolute atomic E-state index is 0.0398. The van der Waals surface area contributed by atoms with Crippen LogP contribution in [0, 0.1) is 0 Å². The number of nitrogens with one attached hydrogen (secondary N) is 1. The van der Waals surface area contributed by atoms with E-state index >= 15 is 0 Å². The van der Waals surface area contributed by atoms with E-state index in [0.29, 0.717) is 19.6 Å². The molecule has 1 N–H and O–H groups in total. The van der Waals surface area contributed by atoms with Crippen molar-refractivity contribution in [3.63, 3.8) is 0 Å². The van der Waals surface area contributed by atoms with Crippen LogP contribution in [0.3, 0.4) is 0 Å². The van der Waals surface area contributed by atoms with Crippen LogP contribution in [0.5, 0.6) is 0 Å². The predicted molar refractivity (Wildman–Crippen MR) is 92.4 cm³/mol. The lowest BCUT2D eigenvalue weighted by Crippen LogP contribution is -2.37. The third-order valence-electron chi connectivity index (χ3n) is 3.63. The smallest absolute Gasteiger partial charge is 0.234 e. The van der Waals surface area contributed by atoms with Crippen molar-refractivity contribution in [1.29, 1.82) is 0 Å². The molecule has 0 saturated heterocycles. The fourth-order valence-corrected chi connectivity index (χ4v) is 3.26. The van der Waals surface area contributed by atoms with Gasteiger partial charge >= 0.3 is 0 Å². The van der Waals surface area contributed by atoms with Crippen LogP contribution in [0.25, 0.3) is 0 Å². The van der Waals surface area contributed by atoms with Crippen molar-refractivity contribution in [1.82, 2.24) is 10.2 Å². The Kier molecular flexibility index (Phi) is 5.51. The summed E-state index contributed by atoms with van der Waals surface area (Å²) in [6.45, 7) is 3.50. The van der Waals surface area contributed by atoms with Crippen molar-refractivity contribution >= 4 is 17.2 Å². The van der Waals surface area contributed by atoms with Gasteiger partial charge in [0.05, 0.1) is 31.7 Å². The highest BCUT2D eigenvalue weighted by Crippen LogP contribution is 2.16. The first-order valence-electron chi connectivity index (χ1n) is 7.80. The molecule has 0 bridgehead atoms. The van der Waals surface area contributed by atoms with Gasteiger partial charge in [-0.15, -0.1) is 11.3 Å². The van der Waals surface area contributed by atoms with E-state index in [1.54, 1.807) is 23.9 Å². The van der Waals surface area contributed by atoms with Crippen LogP contribution in [-0.2, 0) is 17.9 Å². The zero-order valence-corrected chi connectivity index (χ0v) is 14.3. The monoisotopic (exact) mass is 344 g/mol. The van der Waals surface area contributed by atoms with Crippen molar-refractivity contribution in [3.05, 3.63) is 70.7 Å². The van der Waals surface area contributed by atoms with Gasteiger partial charge in [0.2, 0.25) is 5.91 Å². The summed E-state index contributed by atoms with van der Waals surface area (Å²) >= 11 is 1.68. The summed E-state index contributed by atoms with van der Waals surface area (Å²) in [5, 5.41) is 5.01. The van der Waals surface area contributed by atoms with E-state index < -0.39 is 0 Å². The number of nitrogens with zero attached hydrogens (tertiary/aromatic N) is 1. The zero-order chi connectivity index (χ0) is 16.8. The van der Waals surface area contributed by atoms with Gasteiger partial charge in [-0.25, -0.2) is 0 Å². The number of hydrogen-bond donors (Lipinski definition) is 1. The Balaban J connectivity index is 1.60. The van der Waals surface area contributed by atoms with Gasteiger partial charge in [-0.1, -0.05) is 6.07 Å². The van der Waals surface area contributed by atoms with E-state index in [2.05, 4.69) is 16.3 Å². The lowest BCUT2D eigenvalue weighted by atomic mass is 10.2. The average Bonchev–Trinajstić information content (AvgIpc) is 3.31. The number of furan rings is 2. The second-order valence-corrected chi connectivity index (χ2v) is 6.64. The van der Waals surface area contributed by atoms with Crippen LogP contribution in [-0.4, -0.2) is 17.4 Å². The Hall–Kier alpha value is -2.31. The highest BCUT2D eigenvalue weighted by molar-refractivity contribution is 7.09. The van der Waals surface area contributed by atoms with Gasteiger partial charge in [-0.05, 0) is 42.6 Å². The first kappa shape index (κ1) is 16.5. The minimum atomic E-state index is -0.153. The summed E-state index contributed by atoms with van der Waals surface area (Å²) in [6.07, 6.45) is 3.26. The van der Waals surface area contributed by atoms with E-state index in [1.807, 2.05) is 42.6 Å². The summed E-state index contributed by atoms with van der Waals surface area (Å²) in [4.78, 5) is 15.7. The zero-order valence-electron chi connectivity index (χ0n) is 13.5. The molecule has 0 fully saturated rings. The van der Waals surface area contributed by atoms with Gasteiger partial charge < -0.3 is 14.2 Å². The van der Waals surface area contributed by atoms with Crippen LogP contribution in [0.4, 0.5) is 0 Å². The molecule has 1 atom stereocenters. The van der Waals surface area contributed by atoms with Gasteiger partial charge in [0.25, 0.3) is 0 Å². The number of rotatable bonds is 8. The lowest BCUT2D eigenvalue weighted by Gasteiger charge is -2.21. The first-order chi connectivity index (χ1) is 11.7. The van der Waals surface area contributed by atoms with E-state index in [4.69, 9.17) is 8.83 Å². The molecule has 24 heavy (non-hydrogen) atoms. The molecule has 0 aliphatic heterocycles. The van der Waals surface area contributed by atoms with E-state index in [0.717, 1.165) is 11.5 Å². The van der Waals surface area contributed by atoms with Crippen LogP contribution < -0.4 is 5.32 Å².